The van der Waals surface area contributed by atoms with E-state index in [0.29, 0.717) is 0 Å². The van der Waals surface area contributed by atoms with Crippen molar-refractivity contribution >= 4 is 10.8 Å². The van der Waals surface area contributed by atoms with Crippen molar-refractivity contribution in [1.82, 2.24) is 0 Å². The van der Waals surface area contributed by atoms with Crippen molar-refractivity contribution in [3.05, 3.63) is 0 Å². The quantitative estimate of drug-likeness (QED) is 0.596. The third kappa shape index (κ3) is 6.11. The second-order valence-corrected chi connectivity index (χ2v) is 3.60. The van der Waals surface area contributed by atoms with Gasteiger partial charge >= 0.3 is 0 Å². The number of hydrogen-bond donors (Lipinski definition) is 1. The SMILES string of the molecule is CC(N)CCS(C)=O. The van der Waals surface area contributed by atoms with Gasteiger partial charge in [-0.25, -0.2) is 0 Å². The van der Waals surface area contributed by atoms with E-state index < -0.39 is 10.8 Å². The molecule has 0 aliphatic rings. The molecule has 0 heterocycles. The molecule has 50 valence electrons. The molecule has 2 unspecified atom stereocenters. The lowest BCUT2D eigenvalue weighted by molar-refractivity contribution is 0.671. The van der Waals surface area contributed by atoms with E-state index in [2.05, 4.69) is 0 Å². The van der Waals surface area contributed by atoms with Crippen LogP contribution in [0.25, 0.3) is 0 Å². The maximum Gasteiger partial charge on any atom is 0.0246 e. The van der Waals surface area contributed by atoms with Crippen LogP contribution in [0.2, 0.25) is 0 Å². The molecule has 0 rings (SSSR count). The van der Waals surface area contributed by atoms with Gasteiger partial charge in [-0.3, -0.25) is 4.21 Å². The molecule has 0 saturated heterocycles. The smallest absolute Gasteiger partial charge is 0.0246 e. The lowest BCUT2D eigenvalue weighted by Crippen LogP contribution is -2.17. The van der Waals surface area contributed by atoms with Crippen molar-refractivity contribution in [2.75, 3.05) is 12.0 Å². The van der Waals surface area contributed by atoms with Crippen LogP contribution in [0.5, 0.6) is 0 Å². The van der Waals surface area contributed by atoms with Gasteiger partial charge in [0.1, 0.15) is 0 Å². The Morgan fingerprint density at radius 1 is 1.75 bits per heavy atom. The minimum absolute atomic E-state index is 0.193. The molecule has 2 nitrogen and oxygen atoms in total. The average Bonchev–Trinajstić information content (AvgIpc) is 1.61. The minimum Gasteiger partial charge on any atom is -0.328 e. The van der Waals surface area contributed by atoms with Crippen molar-refractivity contribution in [1.29, 1.82) is 0 Å². The van der Waals surface area contributed by atoms with Gasteiger partial charge in [0, 0.05) is 28.9 Å². The predicted octanol–water partition coefficient (Wildman–Crippen LogP) is 0.102. The monoisotopic (exact) mass is 135 g/mol. The predicted molar refractivity (Wildman–Crippen MR) is 37.2 cm³/mol. The van der Waals surface area contributed by atoms with Crippen molar-refractivity contribution in [3.63, 3.8) is 0 Å². The van der Waals surface area contributed by atoms with Crippen LogP contribution in [0.4, 0.5) is 0 Å². The fourth-order valence-corrected chi connectivity index (χ4v) is 1.06. The summed E-state index contributed by atoms with van der Waals surface area (Å²) in [4.78, 5) is 0. The highest BCUT2D eigenvalue weighted by molar-refractivity contribution is 7.84. The summed E-state index contributed by atoms with van der Waals surface area (Å²) >= 11 is 0. The van der Waals surface area contributed by atoms with Crippen LogP contribution in [0.1, 0.15) is 13.3 Å². The highest BCUT2D eigenvalue weighted by Crippen LogP contribution is 1.86. The molecule has 0 aromatic heterocycles. The van der Waals surface area contributed by atoms with Crippen LogP contribution in [-0.2, 0) is 10.8 Å². The largest absolute Gasteiger partial charge is 0.328 e. The molecule has 0 amide bonds. The normalized spacial score (nSPS) is 17.9. The maximum atomic E-state index is 10.4. The van der Waals surface area contributed by atoms with Crippen LogP contribution in [-0.4, -0.2) is 22.3 Å². The van der Waals surface area contributed by atoms with E-state index in [1.807, 2.05) is 6.92 Å². The molecule has 0 bridgehead atoms. The Hall–Kier alpha value is 0.110. The molecule has 2 N–H and O–H groups in total. The summed E-state index contributed by atoms with van der Waals surface area (Å²) < 4.78 is 10.4. The van der Waals surface area contributed by atoms with Gasteiger partial charge in [-0.15, -0.1) is 0 Å². The summed E-state index contributed by atoms with van der Waals surface area (Å²) in [6.45, 7) is 1.92. The van der Waals surface area contributed by atoms with E-state index >= 15 is 0 Å². The van der Waals surface area contributed by atoms with E-state index in [0.717, 1.165) is 12.2 Å². The molecule has 0 aliphatic heterocycles. The molecule has 0 aliphatic carbocycles. The van der Waals surface area contributed by atoms with E-state index in [1.54, 1.807) is 6.26 Å². The van der Waals surface area contributed by atoms with Gasteiger partial charge < -0.3 is 5.73 Å². The summed E-state index contributed by atoms with van der Waals surface area (Å²) in [7, 11) is -0.666. The zero-order valence-electron chi connectivity index (χ0n) is 5.39. The standard InChI is InChI=1S/C5H13NOS/c1-5(6)3-4-8(2)7/h5H,3-4,6H2,1-2H3. The van der Waals surface area contributed by atoms with Crippen molar-refractivity contribution in [2.24, 2.45) is 5.73 Å². The summed E-state index contributed by atoms with van der Waals surface area (Å²) in [6.07, 6.45) is 2.56. The molecule has 0 fully saturated rings. The van der Waals surface area contributed by atoms with Crippen LogP contribution >= 0.6 is 0 Å². The van der Waals surface area contributed by atoms with Crippen LogP contribution < -0.4 is 5.73 Å². The molecule has 0 saturated carbocycles. The van der Waals surface area contributed by atoms with Crippen LogP contribution in [0.15, 0.2) is 0 Å². The summed E-state index contributed by atoms with van der Waals surface area (Å²) in [5, 5.41) is 0. The van der Waals surface area contributed by atoms with E-state index in [-0.39, 0.29) is 6.04 Å². The number of hydrogen-bond acceptors (Lipinski definition) is 2. The first-order valence-electron chi connectivity index (χ1n) is 2.68. The summed E-state index contributed by atoms with van der Waals surface area (Å²) in [5.74, 6) is 0.734. The van der Waals surface area contributed by atoms with Gasteiger partial charge in [-0.1, -0.05) is 0 Å². The van der Waals surface area contributed by atoms with Gasteiger partial charge in [0.05, 0.1) is 0 Å². The molecule has 8 heavy (non-hydrogen) atoms. The molecule has 2 atom stereocenters. The Bertz CT molecular complexity index is 82.5. The van der Waals surface area contributed by atoms with Gasteiger partial charge in [-0.2, -0.15) is 0 Å². The Kier molecular flexibility index (Phi) is 4.09. The zero-order chi connectivity index (χ0) is 6.57. The fraction of sp³-hybridized carbons (Fsp3) is 1.00. The Labute approximate surface area is 52.9 Å². The minimum atomic E-state index is -0.666. The molecule has 0 aromatic carbocycles. The second kappa shape index (κ2) is 4.04. The lowest BCUT2D eigenvalue weighted by Gasteiger charge is -1.99. The number of rotatable bonds is 3. The summed E-state index contributed by atoms with van der Waals surface area (Å²) in [5.41, 5.74) is 5.41. The Balaban J connectivity index is 3.05. The molecular weight excluding hydrogens is 122 g/mol. The maximum absolute atomic E-state index is 10.4. The average molecular weight is 135 g/mol. The van der Waals surface area contributed by atoms with Gasteiger partial charge in [0.2, 0.25) is 0 Å². The van der Waals surface area contributed by atoms with E-state index in [9.17, 15) is 4.21 Å². The Morgan fingerprint density at radius 2 is 2.25 bits per heavy atom. The Morgan fingerprint density at radius 3 is 2.38 bits per heavy atom. The molecule has 3 heteroatoms. The fourth-order valence-electron chi connectivity index (χ4n) is 0.352. The van der Waals surface area contributed by atoms with Crippen LogP contribution in [0.3, 0.4) is 0 Å². The van der Waals surface area contributed by atoms with Gasteiger partial charge in [0.15, 0.2) is 0 Å². The highest BCUT2D eigenvalue weighted by atomic mass is 32.2. The van der Waals surface area contributed by atoms with Gasteiger partial charge in [0.25, 0.3) is 0 Å². The van der Waals surface area contributed by atoms with Gasteiger partial charge in [-0.05, 0) is 13.3 Å². The molecular formula is C5H13NOS. The second-order valence-electron chi connectivity index (χ2n) is 2.04. The van der Waals surface area contributed by atoms with Crippen molar-refractivity contribution < 1.29 is 4.21 Å². The topological polar surface area (TPSA) is 43.1 Å². The molecule has 0 spiro atoms. The highest BCUT2D eigenvalue weighted by Gasteiger charge is 1.94. The molecule has 0 aromatic rings. The van der Waals surface area contributed by atoms with Crippen molar-refractivity contribution in [2.45, 2.75) is 19.4 Å². The van der Waals surface area contributed by atoms with E-state index in [1.165, 1.54) is 0 Å². The van der Waals surface area contributed by atoms with Crippen LogP contribution in [0, 0.1) is 0 Å². The molecule has 0 radical (unpaired) electrons. The first-order valence-corrected chi connectivity index (χ1v) is 4.41. The summed E-state index contributed by atoms with van der Waals surface area (Å²) in [6, 6.07) is 0.193. The first-order chi connectivity index (χ1) is 3.63. The lowest BCUT2D eigenvalue weighted by atomic mass is 10.3. The van der Waals surface area contributed by atoms with E-state index in [4.69, 9.17) is 5.73 Å². The third-order valence-corrected chi connectivity index (χ3v) is 1.67. The number of nitrogens with two attached hydrogens (primary N) is 1. The third-order valence-electron chi connectivity index (χ3n) is 0.861. The van der Waals surface area contributed by atoms with Crippen molar-refractivity contribution in [3.8, 4) is 0 Å². The first kappa shape index (κ1) is 8.11. The zero-order valence-corrected chi connectivity index (χ0v) is 6.20.